The Balaban J connectivity index is 1.90. The summed E-state index contributed by atoms with van der Waals surface area (Å²) in [6.45, 7) is 1.26. The number of amides is 2. The first-order valence-electron chi connectivity index (χ1n) is 6.90. The van der Waals surface area contributed by atoms with Crippen LogP contribution in [-0.2, 0) is 16.0 Å². The summed E-state index contributed by atoms with van der Waals surface area (Å²) in [6.07, 6.45) is 1.37. The molecule has 0 atom stereocenters. The van der Waals surface area contributed by atoms with E-state index in [2.05, 4.69) is 5.32 Å². The predicted molar refractivity (Wildman–Crippen MR) is 79.6 cm³/mol. The molecule has 1 aliphatic rings. The molecule has 2 N–H and O–H groups in total. The van der Waals surface area contributed by atoms with E-state index in [4.69, 9.17) is 4.74 Å². The summed E-state index contributed by atoms with van der Waals surface area (Å²) >= 11 is 1.65. The van der Waals surface area contributed by atoms with Gasteiger partial charge in [0.2, 0.25) is 0 Å². The van der Waals surface area contributed by atoms with Gasteiger partial charge in [-0.2, -0.15) is 0 Å². The van der Waals surface area contributed by atoms with Gasteiger partial charge in [0.05, 0.1) is 0 Å². The number of hydrogen-bond acceptors (Lipinski definition) is 4. The van der Waals surface area contributed by atoms with E-state index < -0.39 is 11.5 Å². The molecule has 1 aromatic heterocycles. The lowest BCUT2D eigenvalue weighted by molar-refractivity contribution is -0.148. The zero-order valence-corrected chi connectivity index (χ0v) is 12.8. The van der Waals surface area contributed by atoms with E-state index in [0.29, 0.717) is 32.6 Å². The molecule has 0 aliphatic carbocycles. The van der Waals surface area contributed by atoms with Crippen LogP contribution in [-0.4, -0.2) is 54.4 Å². The number of carbonyl (C=O) groups excluding carboxylic acids is 1. The Morgan fingerprint density at radius 3 is 2.76 bits per heavy atom. The van der Waals surface area contributed by atoms with Crippen LogP contribution < -0.4 is 5.32 Å². The number of thiophene rings is 1. The van der Waals surface area contributed by atoms with Crippen molar-refractivity contribution >= 4 is 23.3 Å². The number of hydrogen-bond donors (Lipinski definition) is 2. The van der Waals surface area contributed by atoms with Gasteiger partial charge >= 0.3 is 12.0 Å². The minimum Gasteiger partial charge on any atom is -0.480 e. The van der Waals surface area contributed by atoms with Crippen molar-refractivity contribution in [2.24, 2.45) is 0 Å². The molecule has 21 heavy (non-hydrogen) atoms. The molecule has 2 heterocycles. The number of carboxylic acid groups (broad SMARTS) is 1. The number of rotatable bonds is 5. The predicted octanol–water partition coefficient (Wildman–Crippen LogP) is 1.57. The van der Waals surface area contributed by atoms with Gasteiger partial charge in [-0.25, -0.2) is 9.59 Å². The van der Waals surface area contributed by atoms with E-state index in [1.165, 1.54) is 9.78 Å². The Morgan fingerprint density at radius 1 is 1.48 bits per heavy atom. The van der Waals surface area contributed by atoms with Crippen molar-refractivity contribution in [3.05, 3.63) is 22.4 Å². The molecule has 0 unspecified atom stereocenters. The summed E-state index contributed by atoms with van der Waals surface area (Å²) < 4.78 is 5.19. The number of nitrogens with one attached hydrogen (secondary N) is 1. The SMILES string of the molecule is CN(CCc1cccs1)C(=O)NC1(C(=O)O)CCOCC1. The highest BCUT2D eigenvalue weighted by atomic mass is 32.1. The summed E-state index contributed by atoms with van der Waals surface area (Å²) in [5.74, 6) is -0.995. The van der Waals surface area contributed by atoms with Crippen LogP contribution in [0.1, 0.15) is 17.7 Å². The quantitative estimate of drug-likeness (QED) is 0.865. The molecule has 0 radical (unpaired) electrons. The first-order chi connectivity index (χ1) is 10.0. The number of carbonyl (C=O) groups is 2. The summed E-state index contributed by atoms with van der Waals surface area (Å²) in [4.78, 5) is 26.4. The van der Waals surface area contributed by atoms with E-state index in [-0.39, 0.29) is 6.03 Å². The van der Waals surface area contributed by atoms with E-state index in [0.717, 1.165) is 6.42 Å². The molecule has 0 bridgehead atoms. The molecule has 0 aromatic carbocycles. The van der Waals surface area contributed by atoms with Gasteiger partial charge in [-0.15, -0.1) is 11.3 Å². The fraction of sp³-hybridized carbons (Fsp3) is 0.571. The molecule has 1 aromatic rings. The number of nitrogens with zero attached hydrogens (tertiary/aromatic N) is 1. The fourth-order valence-electron chi connectivity index (χ4n) is 2.25. The van der Waals surface area contributed by atoms with Crippen LogP contribution >= 0.6 is 11.3 Å². The lowest BCUT2D eigenvalue weighted by atomic mass is 9.90. The minimum atomic E-state index is -1.20. The number of ether oxygens (including phenoxy) is 1. The van der Waals surface area contributed by atoms with E-state index >= 15 is 0 Å². The Kier molecular flexibility index (Phi) is 5.19. The first kappa shape index (κ1) is 15.8. The van der Waals surface area contributed by atoms with Gasteiger partial charge in [0, 0.05) is 44.5 Å². The Hall–Kier alpha value is -1.60. The molecule has 116 valence electrons. The summed E-state index contributed by atoms with van der Waals surface area (Å²) in [6, 6.07) is 3.64. The largest absolute Gasteiger partial charge is 0.480 e. The number of urea groups is 1. The number of likely N-dealkylation sites (N-methyl/N-ethyl adjacent to an activating group) is 1. The van der Waals surface area contributed by atoms with Crippen molar-refractivity contribution in [1.29, 1.82) is 0 Å². The second kappa shape index (κ2) is 6.91. The molecular weight excluding hydrogens is 292 g/mol. The van der Waals surface area contributed by atoms with Gasteiger partial charge in [-0.3, -0.25) is 0 Å². The van der Waals surface area contributed by atoms with E-state index in [1.54, 1.807) is 18.4 Å². The molecule has 1 saturated heterocycles. The highest BCUT2D eigenvalue weighted by Crippen LogP contribution is 2.21. The van der Waals surface area contributed by atoms with Crippen LogP contribution in [0.25, 0.3) is 0 Å². The van der Waals surface area contributed by atoms with Crippen molar-refractivity contribution in [2.45, 2.75) is 24.8 Å². The summed E-state index contributed by atoms with van der Waals surface area (Å²) in [5, 5.41) is 14.1. The van der Waals surface area contributed by atoms with Gasteiger partial charge in [-0.05, 0) is 17.9 Å². The third-order valence-corrected chi connectivity index (χ3v) is 4.66. The second-order valence-electron chi connectivity index (χ2n) is 5.18. The lowest BCUT2D eigenvalue weighted by Gasteiger charge is -2.35. The number of aliphatic carboxylic acids is 1. The molecule has 1 aliphatic heterocycles. The van der Waals surface area contributed by atoms with Crippen molar-refractivity contribution in [3.63, 3.8) is 0 Å². The fourth-order valence-corrected chi connectivity index (χ4v) is 2.94. The first-order valence-corrected chi connectivity index (χ1v) is 7.78. The Morgan fingerprint density at radius 2 is 2.19 bits per heavy atom. The molecular formula is C14H20N2O4S. The molecule has 7 heteroatoms. The lowest BCUT2D eigenvalue weighted by Crippen LogP contribution is -2.59. The third-order valence-electron chi connectivity index (χ3n) is 3.72. The van der Waals surface area contributed by atoms with E-state index in [1.807, 2.05) is 17.5 Å². The summed E-state index contributed by atoms with van der Waals surface area (Å²) in [5.41, 5.74) is -1.20. The maximum absolute atomic E-state index is 12.2. The molecule has 2 amide bonds. The van der Waals surface area contributed by atoms with E-state index in [9.17, 15) is 14.7 Å². The zero-order valence-electron chi connectivity index (χ0n) is 12.0. The van der Waals surface area contributed by atoms with Crippen molar-refractivity contribution in [1.82, 2.24) is 10.2 Å². The van der Waals surface area contributed by atoms with Crippen molar-refractivity contribution in [3.8, 4) is 0 Å². The average Bonchev–Trinajstić information content (AvgIpc) is 2.98. The van der Waals surface area contributed by atoms with Crippen LogP contribution in [0.15, 0.2) is 17.5 Å². The molecule has 0 saturated carbocycles. The van der Waals surface area contributed by atoms with Gasteiger partial charge in [0.25, 0.3) is 0 Å². The Bertz CT molecular complexity index is 483. The van der Waals surface area contributed by atoms with Crippen LogP contribution in [0.4, 0.5) is 4.79 Å². The van der Waals surface area contributed by atoms with Crippen molar-refractivity contribution < 1.29 is 19.4 Å². The highest BCUT2D eigenvalue weighted by molar-refractivity contribution is 7.09. The molecule has 1 fully saturated rings. The van der Waals surface area contributed by atoms with Gasteiger partial charge in [0.1, 0.15) is 5.54 Å². The van der Waals surface area contributed by atoms with Crippen LogP contribution in [0, 0.1) is 0 Å². The van der Waals surface area contributed by atoms with Gasteiger partial charge < -0.3 is 20.1 Å². The molecule has 2 rings (SSSR count). The zero-order chi connectivity index (χ0) is 15.3. The average molecular weight is 312 g/mol. The third kappa shape index (κ3) is 3.95. The van der Waals surface area contributed by atoms with Crippen LogP contribution in [0.2, 0.25) is 0 Å². The summed E-state index contributed by atoms with van der Waals surface area (Å²) in [7, 11) is 1.68. The van der Waals surface area contributed by atoms with Gasteiger partial charge in [0.15, 0.2) is 0 Å². The van der Waals surface area contributed by atoms with Crippen LogP contribution in [0.3, 0.4) is 0 Å². The Labute approximate surface area is 127 Å². The topological polar surface area (TPSA) is 78.9 Å². The maximum Gasteiger partial charge on any atom is 0.329 e. The van der Waals surface area contributed by atoms with Crippen LogP contribution in [0.5, 0.6) is 0 Å². The molecule has 6 nitrogen and oxygen atoms in total. The highest BCUT2D eigenvalue weighted by Gasteiger charge is 2.42. The van der Waals surface area contributed by atoms with Crippen molar-refractivity contribution in [2.75, 3.05) is 26.8 Å². The minimum absolute atomic E-state index is 0.298. The van der Waals surface area contributed by atoms with Gasteiger partial charge in [-0.1, -0.05) is 6.07 Å². The standard InChI is InChI=1S/C14H20N2O4S/c1-16(7-4-11-3-2-10-21-11)13(19)15-14(12(17)18)5-8-20-9-6-14/h2-3,10H,4-9H2,1H3,(H,15,19)(H,17,18). The normalized spacial score (nSPS) is 17.2. The maximum atomic E-state index is 12.2. The number of carboxylic acids is 1. The smallest absolute Gasteiger partial charge is 0.329 e. The molecule has 0 spiro atoms. The monoisotopic (exact) mass is 312 g/mol. The second-order valence-corrected chi connectivity index (χ2v) is 6.21.